The van der Waals surface area contributed by atoms with Crippen molar-refractivity contribution in [3.8, 4) is 0 Å². The van der Waals surface area contributed by atoms with Gasteiger partial charge in [0.1, 0.15) is 5.82 Å². The van der Waals surface area contributed by atoms with Gasteiger partial charge in [0.2, 0.25) is 0 Å². The van der Waals surface area contributed by atoms with Gasteiger partial charge in [0.05, 0.1) is 13.1 Å². The Labute approximate surface area is 115 Å². The fourth-order valence-corrected chi connectivity index (χ4v) is 1.15. The molecule has 0 unspecified atom stereocenters. The van der Waals surface area contributed by atoms with Gasteiger partial charge in [-0.3, -0.25) is 14.5 Å². The molecule has 7 nitrogen and oxygen atoms in total. The number of aliphatic carboxylic acids is 2. The lowest BCUT2D eigenvalue weighted by atomic mass is 9.80. The molecule has 0 aliphatic rings. The third kappa shape index (κ3) is 9.03. The van der Waals surface area contributed by atoms with E-state index in [4.69, 9.17) is 20.3 Å². The highest BCUT2D eigenvalue weighted by Crippen LogP contribution is 1.92. The van der Waals surface area contributed by atoms with E-state index in [0.29, 0.717) is 5.46 Å². The van der Waals surface area contributed by atoms with Crippen molar-refractivity contribution in [2.75, 3.05) is 20.1 Å². The van der Waals surface area contributed by atoms with E-state index in [1.165, 1.54) is 36.2 Å². The van der Waals surface area contributed by atoms with E-state index in [9.17, 15) is 14.0 Å². The van der Waals surface area contributed by atoms with Crippen LogP contribution in [0.1, 0.15) is 0 Å². The highest BCUT2D eigenvalue weighted by molar-refractivity contribution is 6.58. The van der Waals surface area contributed by atoms with Gasteiger partial charge in [-0.1, -0.05) is 12.1 Å². The SMILES string of the molecule is CN(CC(=O)O)CC(=O)O.OB(O)c1ccc(F)cc1. The second-order valence-electron chi connectivity index (χ2n) is 3.88. The van der Waals surface area contributed by atoms with Gasteiger partial charge in [-0.15, -0.1) is 0 Å². The van der Waals surface area contributed by atoms with Crippen molar-refractivity contribution in [3.63, 3.8) is 0 Å². The highest BCUT2D eigenvalue weighted by Gasteiger charge is 2.09. The summed E-state index contributed by atoms with van der Waals surface area (Å²) >= 11 is 0. The van der Waals surface area contributed by atoms with E-state index in [0.717, 1.165) is 0 Å². The van der Waals surface area contributed by atoms with Crippen LogP contribution >= 0.6 is 0 Å². The van der Waals surface area contributed by atoms with E-state index in [1.54, 1.807) is 0 Å². The van der Waals surface area contributed by atoms with Crippen LogP contribution in [0.4, 0.5) is 4.39 Å². The number of carboxylic acids is 2. The summed E-state index contributed by atoms with van der Waals surface area (Å²) in [6, 6.07) is 4.99. The number of nitrogens with zero attached hydrogens (tertiary/aromatic N) is 1. The molecule has 0 aliphatic carbocycles. The average molecular weight is 287 g/mol. The zero-order chi connectivity index (χ0) is 15.7. The molecule has 1 aromatic carbocycles. The average Bonchev–Trinajstić information content (AvgIpc) is 2.27. The molecular formula is C11H15BFNO6. The van der Waals surface area contributed by atoms with Crippen LogP contribution in [0, 0.1) is 5.82 Å². The Kier molecular flexibility index (Phi) is 8.13. The molecular weight excluding hydrogens is 272 g/mol. The van der Waals surface area contributed by atoms with Crippen LogP contribution in [-0.4, -0.2) is 64.4 Å². The van der Waals surface area contributed by atoms with Crippen molar-refractivity contribution < 1.29 is 34.2 Å². The first-order valence-corrected chi connectivity index (χ1v) is 5.46. The van der Waals surface area contributed by atoms with Crippen LogP contribution in [0.25, 0.3) is 0 Å². The Morgan fingerprint density at radius 1 is 1.10 bits per heavy atom. The van der Waals surface area contributed by atoms with Crippen molar-refractivity contribution in [1.29, 1.82) is 0 Å². The lowest BCUT2D eigenvalue weighted by Crippen LogP contribution is -2.30. The standard InChI is InChI=1S/C6H6BFO2.C5H9NO4/c8-6-3-1-5(2-4-6)7(9)10;1-6(2-4(7)8)3-5(9)10/h1-4,9-10H;2-3H2,1H3,(H,7,8)(H,9,10). The van der Waals surface area contributed by atoms with Crippen LogP contribution in [0.3, 0.4) is 0 Å². The van der Waals surface area contributed by atoms with Crippen LogP contribution in [0.2, 0.25) is 0 Å². The minimum absolute atomic E-state index is 0.244. The number of hydrogen-bond acceptors (Lipinski definition) is 5. The van der Waals surface area contributed by atoms with Crippen molar-refractivity contribution in [1.82, 2.24) is 4.90 Å². The fourth-order valence-electron chi connectivity index (χ4n) is 1.15. The predicted molar refractivity (Wildman–Crippen MR) is 69.0 cm³/mol. The van der Waals surface area contributed by atoms with Gasteiger partial charge in [-0.25, -0.2) is 4.39 Å². The van der Waals surface area contributed by atoms with Crippen LogP contribution in [0.15, 0.2) is 24.3 Å². The molecule has 0 aliphatic heterocycles. The molecule has 110 valence electrons. The summed E-state index contributed by atoms with van der Waals surface area (Å²) in [7, 11) is -0.0806. The number of likely N-dealkylation sites (N-methyl/N-ethyl adjacent to an activating group) is 1. The van der Waals surface area contributed by atoms with E-state index in [2.05, 4.69) is 0 Å². The Bertz CT molecular complexity index is 423. The van der Waals surface area contributed by atoms with Crippen molar-refractivity contribution in [2.24, 2.45) is 0 Å². The van der Waals surface area contributed by atoms with E-state index >= 15 is 0 Å². The molecule has 0 aromatic heterocycles. The number of hydrogen-bond donors (Lipinski definition) is 4. The van der Waals surface area contributed by atoms with E-state index < -0.39 is 19.1 Å². The zero-order valence-electron chi connectivity index (χ0n) is 10.7. The summed E-state index contributed by atoms with van der Waals surface area (Å²) in [5.41, 5.74) is 0.293. The predicted octanol–water partition coefficient (Wildman–Crippen LogP) is -1.41. The summed E-state index contributed by atoms with van der Waals surface area (Å²) in [6.45, 7) is -0.488. The number of carbonyl (C=O) groups is 2. The number of carboxylic acid groups (broad SMARTS) is 2. The summed E-state index contributed by atoms with van der Waals surface area (Å²) < 4.78 is 12.2. The molecule has 0 spiro atoms. The van der Waals surface area contributed by atoms with Gasteiger partial charge in [0, 0.05) is 0 Å². The first-order chi connectivity index (χ1) is 9.22. The molecule has 0 amide bonds. The first kappa shape index (κ1) is 18.0. The van der Waals surface area contributed by atoms with Crippen LogP contribution < -0.4 is 5.46 Å². The molecule has 0 atom stereocenters. The minimum atomic E-state index is -1.51. The Morgan fingerprint density at radius 3 is 1.80 bits per heavy atom. The molecule has 0 fully saturated rings. The first-order valence-electron chi connectivity index (χ1n) is 5.46. The van der Waals surface area contributed by atoms with Crippen molar-refractivity contribution >= 4 is 24.5 Å². The maximum atomic E-state index is 12.2. The summed E-state index contributed by atoms with van der Waals surface area (Å²) in [4.78, 5) is 21.1. The normalized spacial score (nSPS) is 9.65. The Balaban J connectivity index is 0.000000361. The molecule has 9 heteroatoms. The minimum Gasteiger partial charge on any atom is -0.480 e. The van der Waals surface area contributed by atoms with E-state index in [1.807, 2.05) is 0 Å². The molecule has 1 rings (SSSR count). The maximum absolute atomic E-state index is 12.2. The third-order valence-electron chi connectivity index (χ3n) is 1.98. The van der Waals surface area contributed by atoms with Crippen LogP contribution in [-0.2, 0) is 9.59 Å². The molecule has 0 radical (unpaired) electrons. The molecule has 1 aromatic rings. The summed E-state index contributed by atoms with van der Waals surface area (Å²) in [5, 5.41) is 33.4. The molecule has 0 heterocycles. The smallest absolute Gasteiger partial charge is 0.480 e. The Morgan fingerprint density at radius 2 is 1.50 bits per heavy atom. The van der Waals surface area contributed by atoms with Gasteiger partial charge in [0.15, 0.2) is 0 Å². The number of halogens is 1. The second kappa shape index (κ2) is 9.02. The number of rotatable bonds is 5. The molecule has 0 saturated heterocycles. The zero-order valence-corrected chi connectivity index (χ0v) is 10.7. The molecule has 4 N–H and O–H groups in total. The van der Waals surface area contributed by atoms with E-state index in [-0.39, 0.29) is 18.9 Å². The third-order valence-corrected chi connectivity index (χ3v) is 1.98. The molecule has 20 heavy (non-hydrogen) atoms. The topological polar surface area (TPSA) is 118 Å². The quantitative estimate of drug-likeness (QED) is 0.491. The largest absolute Gasteiger partial charge is 0.488 e. The van der Waals surface area contributed by atoms with Gasteiger partial charge in [-0.05, 0) is 24.6 Å². The highest BCUT2D eigenvalue weighted by atomic mass is 19.1. The lowest BCUT2D eigenvalue weighted by molar-refractivity contribution is -0.141. The molecule has 0 saturated carbocycles. The number of benzene rings is 1. The van der Waals surface area contributed by atoms with Gasteiger partial charge < -0.3 is 20.3 Å². The van der Waals surface area contributed by atoms with Crippen molar-refractivity contribution in [3.05, 3.63) is 30.1 Å². The lowest BCUT2D eigenvalue weighted by Gasteiger charge is -2.08. The second-order valence-corrected chi connectivity index (χ2v) is 3.88. The van der Waals surface area contributed by atoms with Gasteiger partial charge in [-0.2, -0.15) is 0 Å². The van der Waals surface area contributed by atoms with Crippen LogP contribution in [0.5, 0.6) is 0 Å². The molecule has 0 bridgehead atoms. The monoisotopic (exact) mass is 287 g/mol. The Hall–Kier alpha value is -1.97. The summed E-state index contributed by atoms with van der Waals surface area (Å²) in [6.07, 6.45) is 0. The summed E-state index contributed by atoms with van der Waals surface area (Å²) in [5.74, 6) is -2.43. The fraction of sp³-hybridized carbons (Fsp3) is 0.273. The van der Waals surface area contributed by atoms with Gasteiger partial charge >= 0.3 is 19.1 Å². The maximum Gasteiger partial charge on any atom is 0.488 e. The van der Waals surface area contributed by atoms with Crippen molar-refractivity contribution in [2.45, 2.75) is 0 Å². The van der Waals surface area contributed by atoms with Gasteiger partial charge in [0.25, 0.3) is 0 Å².